The summed E-state index contributed by atoms with van der Waals surface area (Å²) in [5.41, 5.74) is 0.240. The maximum Gasteiger partial charge on any atom is 0.236 e. The first-order valence-electron chi connectivity index (χ1n) is 6.82. The lowest BCUT2D eigenvalue weighted by molar-refractivity contribution is -0.138. The number of hydrogen-bond acceptors (Lipinski definition) is 3. The molecule has 0 bridgehead atoms. The summed E-state index contributed by atoms with van der Waals surface area (Å²) in [6.45, 7) is 3.54. The van der Waals surface area contributed by atoms with Crippen LogP contribution in [0.25, 0.3) is 0 Å². The molecule has 1 heterocycles. The number of piperazine rings is 1. The number of hydrogen-bond donors (Lipinski definition) is 1. The quantitative estimate of drug-likeness (QED) is 0.787. The molecule has 2 rings (SSSR count). The predicted octanol–water partition coefficient (Wildman–Crippen LogP) is 0.683. The number of rotatable bonds is 3. The summed E-state index contributed by atoms with van der Waals surface area (Å²) >= 11 is 0. The lowest BCUT2D eigenvalue weighted by Gasteiger charge is -2.49. The first-order valence-corrected chi connectivity index (χ1v) is 6.82. The zero-order valence-electron chi connectivity index (χ0n) is 11.2. The molecule has 4 nitrogen and oxygen atoms in total. The zero-order valence-corrected chi connectivity index (χ0v) is 11.2. The van der Waals surface area contributed by atoms with Crippen LogP contribution in [0.4, 0.5) is 0 Å². The third-order valence-electron chi connectivity index (χ3n) is 4.42. The van der Waals surface area contributed by atoms with E-state index in [-0.39, 0.29) is 11.4 Å². The maximum atomic E-state index is 11.9. The van der Waals surface area contributed by atoms with Gasteiger partial charge in [-0.1, -0.05) is 19.3 Å². The Balaban J connectivity index is 2.07. The first kappa shape index (κ1) is 12.8. The fraction of sp³-hybridized carbons (Fsp3) is 0.923. The highest BCUT2D eigenvalue weighted by Gasteiger charge is 2.40. The van der Waals surface area contributed by atoms with Crippen LogP contribution in [0.1, 0.15) is 32.1 Å². The smallest absolute Gasteiger partial charge is 0.236 e. The molecule has 0 atom stereocenters. The number of carbonyl (C=O) groups is 1. The van der Waals surface area contributed by atoms with Gasteiger partial charge in [-0.3, -0.25) is 9.69 Å². The molecule has 0 aromatic heterocycles. The Morgan fingerprint density at radius 2 is 1.94 bits per heavy atom. The molecule has 1 aliphatic heterocycles. The van der Waals surface area contributed by atoms with E-state index >= 15 is 0 Å². The van der Waals surface area contributed by atoms with Gasteiger partial charge in [-0.05, 0) is 19.9 Å². The van der Waals surface area contributed by atoms with Crippen LogP contribution in [-0.2, 0) is 4.79 Å². The average molecular weight is 239 g/mol. The van der Waals surface area contributed by atoms with Crippen LogP contribution >= 0.6 is 0 Å². The summed E-state index contributed by atoms with van der Waals surface area (Å²) in [5.74, 6) is 0.275. The van der Waals surface area contributed by atoms with Crippen molar-refractivity contribution in [3.8, 4) is 0 Å². The van der Waals surface area contributed by atoms with Crippen LogP contribution in [0.5, 0.6) is 0 Å². The number of nitrogens with zero attached hydrogens (tertiary/aromatic N) is 2. The van der Waals surface area contributed by atoms with E-state index in [1.165, 1.54) is 32.1 Å². The van der Waals surface area contributed by atoms with Crippen molar-refractivity contribution in [3.63, 3.8) is 0 Å². The molecule has 1 amide bonds. The van der Waals surface area contributed by atoms with Gasteiger partial charge in [0.25, 0.3) is 0 Å². The molecule has 98 valence electrons. The van der Waals surface area contributed by atoms with E-state index in [0.29, 0.717) is 6.54 Å². The van der Waals surface area contributed by atoms with E-state index in [4.69, 9.17) is 0 Å². The highest BCUT2D eigenvalue weighted by Crippen LogP contribution is 2.33. The van der Waals surface area contributed by atoms with Crippen molar-refractivity contribution in [1.29, 1.82) is 0 Å². The van der Waals surface area contributed by atoms with Crippen LogP contribution in [0.15, 0.2) is 0 Å². The average Bonchev–Trinajstić information content (AvgIpc) is 2.34. The summed E-state index contributed by atoms with van der Waals surface area (Å²) in [4.78, 5) is 16.1. The van der Waals surface area contributed by atoms with Gasteiger partial charge in [-0.2, -0.15) is 0 Å². The van der Waals surface area contributed by atoms with Crippen molar-refractivity contribution in [3.05, 3.63) is 0 Å². The summed E-state index contributed by atoms with van der Waals surface area (Å²) in [7, 11) is 3.93. The Labute approximate surface area is 104 Å². The molecule has 1 saturated heterocycles. The van der Waals surface area contributed by atoms with Crippen molar-refractivity contribution in [2.75, 3.05) is 40.3 Å². The van der Waals surface area contributed by atoms with Gasteiger partial charge in [0.05, 0.1) is 6.54 Å². The van der Waals surface area contributed by atoms with Crippen LogP contribution < -0.4 is 5.32 Å². The van der Waals surface area contributed by atoms with E-state index < -0.39 is 0 Å². The highest BCUT2D eigenvalue weighted by atomic mass is 16.2. The van der Waals surface area contributed by atoms with Crippen molar-refractivity contribution in [2.24, 2.45) is 0 Å². The SMILES string of the molecule is CNCC1(N2CCN(C)C(=O)C2)CCCCC1. The van der Waals surface area contributed by atoms with E-state index in [1.807, 2.05) is 19.0 Å². The molecule has 0 aromatic rings. The summed E-state index contributed by atoms with van der Waals surface area (Å²) < 4.78 is 0. The number of amides is 1. The van der Waals surface area contributed by atoms with Gasteiger partial charge in [-0.25, -0.2) is 0 Å². The summed E-state index contributed by atoms with van der Waals surface area (Å²) in [5, 5.41) is 3.34. The number of likely N-dealkylation sites (N-methyl/N-ethyl adjacent to an activating group) is 2. The van der Waals surface area contributed by atoms with Gasteiger partial charge in [0.1, 0.15) is 0 Å². The molecule has 1 N–H and O–H groups in total. The molecule has 0 radical (unpaired) electrons. The van der Waals surface area contributed by atoms with Crippen molar-refractivity contribution in [2.45, 2.75) is 37.6 Å². The predicted molar refractivity (Wildman–Crippen MR) is 69.0 cm³/mol. The van der Waals surface area contributed by atoms with E-state index in [0.717, 1.165) is 19.6 Å². The minimum Gasteiger partial charge on any atom is -0.343 e. The Morgan fingerprint density at radius 1 is 1.24 bits per heavy atom. The molecule has 2 aliphatic rings. The van der Waals surface area contributed by atoms with E-state index in [9.17, 15) is 4.79 Å². The van der Waals surface area contributed by atoms with E-state index in [1.54, 1.807) is 0 Å². The van der Waals surface area contributed by atoms with E-state index in [2.05, 4.69) is 10.2 Å². The fourth-order valence-corrected chi connectivity index (χ4v) is 3.31. The Hall–Kier alpha value is -0.610. The number of nitrogens with one attached hydrogen (secondary N) is 1. The van der Waals surface area contributed by atoms with Crippen LogP contribution in [0.3, 0.4) is 0 Å². The zero-order chi connectivity index (χ0) is 12.3. The molecule has 4 heteroatoms. The second-order valence-electron chi connectivity index (χ2n) is 5.55. The topological polar surface area (TPSA) is 35.6 Å². The molecule has 2 fully saturated rings. The largest absolute Gasteiger partial charge is 0.343 e. The molecule has 0 unspecified atom stereocenters. The van der Waals surface area contributed by atoms with Crippen LogP contribution in [0, 0.1) is 0 Å². The summed E-state index contributed by atoms with van der Waals surface area (Å²) in [6.07, 6.45) is 6.45. The third kappa shape index (κ3) is 2.63. The molecule has 1 saturated carbocycles. The van der Waals surface area contributed by atoms with Crippen LogP contribution in [-0.4, -0.2) is 61.5 Å². The lowest BCUT2D eigenvalue weighted by atomic mass is 9.79. The molecular weight excluding hydrogens is 214 g/mol. The second-order valence-corrected chi connectivity index (χ2v) is 5.55. The van der Waals surface area contributed by atoms with Gasteiger partial charge >= 0.3 is 0 Å². The summed E-state index contributed by atoms with van der Waals surface area (Å²) in [6, 6.07) is 0. The maximum absolute atomic E-state index is 11.9. The normalized spacial score (nSPS) is 26.2. The minimum atomic E-state index is 0.240. The third-order valence-corrected chi connectivity index (χ3v) is 4.42. The van der Waals surface area contributed by atoms with Crippen LogP contribution in [0.2, 0.25) is 0 Å². The highest BCUT2D eigenvalue weighted by molar-refractivity contribution is 5.78. The molecular formula is C13H25N3O. The van der Waals surface area contributed by atoms with Crippen molar-refractivity contribution < 1.29 is 4.79 Å². The number of carbonyl (C=O) groups excluding carboxylic acids is 1. The Kier molecular flexibility index (Phi) is 4.05. The van der Waals surface area contributed by atoms with Gasteiger partial charge in [0.2, 0.25) is 5.91 Å². The van der Waals surface area contributed by atoms with Crippen molar-refractivity contribution in [1.82, 2.24) is 15.1 Å². The second kappa shape index (κ2) is 5.36. The Bertz CT molecular complexity index is 268. The standard InChI is InChI=1S/C13H25N3O/c1-14-11-13(6-4-3-5-7-13)16-9-8-15(2)12(17)10-16/h14H,3-11H2,1-2H3. The van der Waals surface area contributed by atoms with Crippen molar-refractivity contribution >= 4 is 5.91 Å². The van der Waals surface area contributed by atoms with Gasteiger partial charge in [0, 0.05) is 32.2 Å². The van der Waals surface area contributed by atoms with Gasteiger partial charge in [-0.15, -0.1) is 0 Å². The Morgan fingerprint density at radius 3 is 2.53 bits per heavy atom. The van der Waals surface area contributed by atoms with Gasteiger partial charge < -0.3 is 10.2 Å². The minimum absolute atomic E-state index is 0.240. The molecule has 0 spiro atoms. The lowest BCUT2D eigenvalue weighted by Crippen LogP contribution is -2.62. The molecule has 0 aromatic carbocycles. The molecule has 1 aliphatic carbocycles. The fourth-order valence-electron chi connectivity index (χ4n) is 3.31. The van der Waals surface area contributed by atoms with Gasteiger partial charge in [0.15, 0.2) is 0 Å². The molecule has 17 heavy (non-hydrogen) atoms. The monoisotopic (exact) mass is 239 g/mol. The first-order chi connectivity index (χ1) is 8.18.